The highest BCUT2D eigenvalue weighted by Gasteiger charge is 2.39. The fourth-order valence-electron chi connectivity index (χ4n) is 4.59. The Balaban J connectivity index is 1.75. The zero-order valence-corrected chi connectivity index (χ0v) is 19.9. The average Bonchev–Trinajstić information content (AvgIpc) is 3.31. The molecule has 1 fully saturated rings. The number of rotatable bonds is 3. The molecule has 10 heteroatoms. The molecular formula is C22H33N5O4S. The summed E-state index contributed by atoms with van der Waals surface area (Å²) in [7, 11) is -0.0501. The molecule has 1 aromatic carbocycles. The Morgan fingerprint density at radius 1 is 1.22 bits per heavy atom. The number of benzene rings is 1. The lowest BCUT2D eigenvalue weighted by Gasteiger charge is -2.30. The summed E-state index contributed by atoms with van der Waals surface area (Å²) in [4.78, 5) is 4.52. The van der Waals surface area contributed by atoms with Crippen LogP contribution in [0.1, 0.15) is 13.8 Å². The number of hydrogen-bond acceptors (Lipinski definition) is 7. The SMILES string of the molecule is CC(C)CN1C[C@@H]2Oc3cc(-c4cnn(C)c4)ccc3S(=O)(=O)NC[C@H](O)CN(C)[C@@H]2C1. The number of β-amino-alcohol motifs (C(OH)–C–C–N with tert-alkyl or cyclic N) is 1. The third kappa shape index (κ3) is 4.99. The van der Waals surface area contributed by atoms with Gasteiger partial charge >= 0.3 is 0 Å². The molecule has 3 atom stereocenters. The highest BCUT2D eigenvalue weighted by atomic mass is 32.2. The van der Waals surface area contributed by atoms with E-state index in [9.17, 15) is 13.5 Å². The first kappa shape index (κ1) is 23.2. The summed E-state index contributed by atoms with van der Waals surface area (Å²) in [6.07, 6.45) is 2.59. The minimum absolute atomic E-state index is 0.0408. The third-order valence-electron chi connectivity index (χ3n) is 6.06. The van der Waals surface area contributed by atoms with E-state index in [2.05, 4.69) is 33.5 Å². The van der Waals surface area contributed by atoms with Gasteiger partial charge in [-0.15, -0.1) is 0 Å². The molecule has 32 heavy (non-hydrogen) atoms. The van der Waals surface area contributed by atoms with Crippen LogP contribution in [-0.2, 0) is 17.1 Å². The number of hydrogen-bond donors (Lipinski definition) is 2. The molecule has 0 aliphatic carbocycles. The molecular weight excluding hydrogens is 430 g/mol. The van der Waals surface area contributed by atoms with Gasteiger partial charge in [-0.25, -0.2) is 13.1 Å². The molecule has 0 unspecified atom stereocenters. The molecule has 0 amide bonds. The standard InChI is InChI=1S/C22H33N5O4S/c1-15(2)10-27-13-19-21(14-27)31-20-7-16(17-8-23-26(4)11-17)5-6-22(20)32(29,30)24-9-18(28)12-25(19)3/h5-8,11,15,18-19,21,24,28H,9-10,12-14H2,1-4H3/t18-,19+,21-/m0/s1. The normalized spacial score (nSPS) is 26.9. The van der Waals surface area contributed by atoms with Crippen LogP contribution >= 0.6 is 0 Å². The summed E-state index contributed by atoms with van der Waals surface area (Å²) in [5.74, 6) is 0.836. The number of likely N-dealkylation sites (tertiary alicyclic amines) is 1. The smallest absolute Gasteiger partial charge is 0.244 e. The Bertz CT molecular complexity index is 1050. The van der Waals surface area contributed by atoms with Crippen LogP contribution in [0.3, 0.4) is 0 Å². The van der Waals surface area contributed by atoms with Crippen LogP contribution in [0, 0.1) is 5.92 Å². The van der Waals surface area contributed by atoms with Crippen molar-refractivity contribution in [1.29, 1.82) is 0 Å². The molecule has 0 spiro atoms. The Labute approximate surface area is 190 Å². The number of aromatic nitrogens is 2. The Kier molecular flexibility index (Phi) is 6.60. The van der Waals surface area contributed by atoms with Crippen LogP contribution in [0.15, 0.2) is 35.5 Å². The van der Waals surface area contributed by atoms with Crippen LogP contribution in [0.5, 0.6) is 5.75 Å². The van der Waals surface area contributed by atoms with Crippen molar-refractivity contribution in [2.24, 2.45) is 13.0 Å². The summed E-state index contributed by atoms with van der Waals surface area (Å²) in [6, 6.07) is 5.16. The monoisotopic (exact) mass is 463 g/mol. The molecule has 2 aliphatic rings. The van der Waals surface area contributed by atoms with E-state index in [1.54, 1.807) is 29.1 Å². The van der Waals surface area contributed by atoms with Crippen LogP contribution in [0.2, 0.25) is 0 Å². The molecule has 0 bridgehead atoms. The van der Waals surface area contributed by atoms with Gasteiger partial charge < -0.3 is 9.84 Å². The van der Waals surface area contributed by atoms with E-state index >= 15 is 0 Å². The molecule has 4 rings (SSSR count). The van der Waals surface area contributed by atoms with Crippen molar-refractivity contribution in [3.8, 4) is 16.9 Å². The predicted octanol–water partition coefficient (Wildman–Crippen LogP) is 0.759. The quantitative estimate of drug-likeness (QED) is 0.693. The molecule has 2 aromatic rings. The molecule has 0 radical (unpaired) electrons. The number of sulfonamides is 1. The summed E-state index contributed by atoms with van der Waals surface area (Å²) >= 11 is 0. The van der Waals surface area contributed by atoms with Gasteiger partial charge in [0.2, 0.25) is 10.0 Å². The van der Waals surface area contributed by atoms with Crippen molar-refractivity contribution < 1.29 is 18.3 Å². The summed E-state index contributed by atoms with van der Waals surface area (Å²) in [5.41, 5.74) is 1.72. The van der Waals surface area contributed by atoms with Crippen LogP contribution < -0.4 is 9.46 Å². The second kappa shape index (κ2) is 9.11. The van der Waals surface area contributed by atoms with Gasteiger partial charge in [-0.2, -0.15) is 5.10 Å². The molecule has 2 aliphatic heterocycles. The number of nitrogens with zero attached hydrogens (tertiary/aromatic N) is 4. The van der Waals surface area contributed by atoms with E-state index in [0.717, 1.165) is 24.2 Å². The minimum Gasteiger partial charge on any atom is -0.486 e. The lowest BCUT2D eigenvalue weighted by atomic mass is 10.1. The maximum Gasteiger partial charge on any atom is 0.244 e. The second-order valence-corrected chi connectivity index (χ2v) is 11.1. The van der Waals surface area contributed by atoms with Gasteiger partial charge in [0.05, 0.1) is 18.3 Å². The summed E-state index contributed by atoms with van der Waals surface area (Å²) < 4.78 is 36.8. The molecule has 176 valence electrons. The van der Waals surface area contributed by atoms with Gasteiger partial charge in [0.15, 0.2) is 0 Å². The van der Waals surface area contributed by atoms with Crippen molar-refractivity contribution in [1.82, 2.24) is 24.3 Å². The van der Waals surface area contributed by atoms with Crippen LogP contribution in [-0.4, -0.2) is 91.1 Å². The first-order chi connectivity index (χ1) is 15.1. The molecule has 3 heterocycles. The average molecular weight is 464 g/mol. The molecule has 2 N–H and O–H groups in total. The van der Waals surface area contributed by atoms with Gasteiger partial charge in [-0.3, -0.25) is 14.5 Å². The van der Waals surface area contributed by atoms with Gasteiger partial charge in [0, 0.05) is 51.5 Å². The van der Waals surface area contributed by atoms with Gasteiger partial charge in [0.25, 0.3) is 0 Å². The van der Waals surface area contributed by atoms with Crippen LogP contribution in [0.25, 0.3) is 11.1 Å². The molecule has 0 saturated carbocycles. The van der Waals surface area contributed by atoms with Gasteiger partial charge in [-0.1, -0.05) is 19.9 Å². The Hall–Kier alpha value is -1.98. The largest absolute Gasteiger partial charge is 0.486 e. The Morgan fingerprint density at radius 3 is 2.69 bits per heavy atom. The highest BCUT2D eigenvalue weighted by molar-refractivity contribution is 7.89. The first-order valence-corrected chi connectivity index (χ1v) is 12.5. The zero-order chi connectivity index (χ0) is 23.0. The number of aliphatic hydroxyl groups is 1. The fourth-order valence-corrected chi connectivity index (χ4v) is 5.77. The Morgan fingerprint density at radius 2 is 2.00 bits per heavy atom. The minimum atomic E-state index is -3.85. The lowest BCUT2D eigenvalue weighted by Crippen LogP contribution is -2.47. The molecule has 9 nitrogen and oxygen atoms in total. The zero-order valence-electron chi connectivity index (χ0n) is 19.1. The van der Waals surface area contributed by atoms with Crippen LogP contribution in [0.4, 0.5) is 0 Å². The van der Waals surface area contributed by atoms with Crippen molar-refractivity contribution in [3.63, 3.8) is 0 Å². The highest BCUT2D eigenvalue weighted by Crippen LogP contribution is 2.33. The van der Waals surface area contributed by atoms with Crippen molar-refractivity contribution in [3.05, 3.63) is 30.6 Å². The fraction of sp³-hybridized carbons (Fsp3) is 0.591. The van der Waals surface area contributed by atoms with E-state index in [1.165, 1.54) is 0 Å². The van der Waals surface area contributed by atoms with E-state index < -0.39 is 16.1 Å². The van der Waals surface area contributed by atoms with E-state index in [4.69, 9.17) is 4.74 Å². The third-order valence-corrected chi connectivity index (χ3v) is 7.52. The first-order valence-electron chi connectivity index (χ1n) is 11.0. The lowest BCUT2D eigenvalue weighted by molar-refractivity contribution is 0.0713. The molecule has 1 saturated heterocycles. The topological polar surface area (TPSA) is 99.9 Å². The molecule has 1 aromatic heterocycles. The predicted molar refractivity (Wildman–Crippen MR) is 122 cm³/mol. The van der Waals surface area contributed by atoms with Gasteiger partial charge in [0.1, 0.15) is 16.7 Å². The van der Waals surface area contributed by atoms with E-state index in [0.29, 0.717) is 24.8 Å². The maximum atomic E-state index is 13.1. The van der Waals surface area contributed by atoms with Crippen molar-refractivity contribution in [2.75, 3.05) is 39.8 Å². The van der Waals surface area contributed by atoms with Gasteiger partial charge in [-0.05, 0) is 30.7 Å². The summed E-state index contributed by atoms with van der Waals surface area (Å²) in [5, 5.41) is 14.7. The summed E-state index contributed by atoms with van der Waals surface area (Å²) in [6.45, 7) is 7.13. The van der Waals surface area contributed by atoms with E-state index in [-0.39, 0.29) is 23.6 Å². The second-order valence-electron chi connectivity index (χ2n) is 9.35. The maximum absolute atomic E-state index is 13.1. The number of aliphatic hydroxyl groups excluding tert-OH is 1. The van der Waals surface area contributed by atoms with Crippen molar-refractivity contribution >= 4 is 10.0 Å². The number of fused-ring (bicyclic) bond motifs is 2. The number of likely N-dealkylation sites (N-methyl/N-ethyl adjacent to an activating group) is 1. The van der Waals surface area contributed by atoms with E-state index in [1.807, 2.05) is 20.3 Å². The number of nitrogens with one attached hydrogen (secondary N) is 1. The number of aryl methyl sites for hydroxylation is 1. The van der Waals surface area contributed by atoms with Crippen molar-refractivity contribution in [2.45, 2.75) is 37.0 Å². The number of ether oxygens (including phenoxy) is 1.